The normalized spacial score (nSPS) is 16.9. The molecule has 1 atom stereocenters. The van der Waals surface area contributed by atoms with Gasteiger partial charge in [0.2, 0.25) is 0 Å². The molecular weight excluding hydrogens is 130 g/mol. The van der Waals surface area contributed by atoms with E-state index in [1.54, 1.807) is 6.92 Å². The zero-order valence-electron chi connectivity index (χ0n) is 6.72. The average Bonchev–Trinajstić information content (AvgIpc) is 1.85. The molecule has 1 unspecified atom stereocenters. The van der Waals surface area contributed by atoms with Gasteiger partial charge >= 0.3 is 5.97 Å². The van der Waals surface area contributed by atoms with Crippen LogP contribution in [-0.2, 0) is 4.79 Å². The first-order valence-corrected chi connectivity index (χ1v) is 3.38. The van der Waals surface area contributed by atoms with Crippen molar-refractivity contribution >= 4 is 5.97 Å². The molecule has 0 fully saturated rings. The molecule has 0 bridgehead atoms. The predicted octanol–water partition coefficient (Wildman–Crippen LogP) is 0.692. The van der Waals surface area contributed by atoms with Crippen LogP contribution in [0.5, 0.6) is 0 Å². The van der Waals surface area contributed by atoms with E-state index in [1.165, 1.54) is 0 Å². The fourth-order valence-corrected chi connectivity index (χ4v) is 0.570. The maximum Gasteiger partial charge on any atom is 0.310 e. The Labute approximate surface area is 61.2 Å². The van der Waals surface area contributed by atoms with Gasteiger partial charge in [0, 0.05) is 6.54 Å². The SMILES string of the molecule is CC(C)C(C)(CN)C(=O)O. The highest BCUT2D eigenvalue weighted by Crippen LogP contribution is 2.25. The Morgan fingerprint density at radius 1 is 1.70 bits per heavy atom. The minimum absolute atomic E-state index is 0.0787. The summed E-state index contributed by atoms with van der Waals surface area (Å²) in [5.74, 6) is -0.736. The highest BCUT2D eigenvalue weighted by atomic mass is 16.4. The van der Waals surface area contributed by atoms with Crippen molar-refractivity contribution in [2.45, 2.75) is 20.8 Å². The number of hydrogen-bond acceptors (Lipinski definition) is 2. The van der Waals surface area contributed by atoms with Gasteiger partial charge < -0.3 is 10.8 Å². The average molecular weight is 145 g/mol. The molecule has 0 aromatic rings. The van der Waals surface area contributed by atoms with Crippen molar-refractivity contribution in [2.75, 3.05) is 6.54 Å². The Bertz CT molecular complexity index is 134. The van der Waals surface area contributed by atoms with Gasteiger partial charge in [-0.05, 0) is 12.8 Å². The van der Waals surface area contributed by atoms with Crippen molar-refractivity contribution in [1.82, 2.24) is 0 Å². The van der Waals surface area contributed by atoms with Crippen LogP contribution in [0.1, 0.15) is 20.8 Å². The molecule has 0 aromatic heterocycles. The second kappa shape index (κ2) is 3.01. The summed E-state index contributed by atoms with van der Waals surface area (Å²) in [7, 11) is 0. The lowest BCUT2D eigenvalue weighted by Crippen LogP contribution is -2.40. The molecule has 0 aliphatic rings. The van der Waals surface area contributed by atoms with E-state index in [4.69, 9.17) is 10.8 Å². The van der Waals surface area contributed by atoms with Gasteiger partial charge in [0.1, 0.15) is 0 Å². The zero-order valence-corrected chi connectivity index (χ0v) is 6.72. The van der Waals surface area contributed by atoms with Crippen LogP contribution in [0.4, 0.5) is 0 Å². The summed E-state index contributed by atoms with van der Waals surface area (Å²) < 4.78 is 0. The highest BCUT2D eigenvalue weighted by Gasteiger charge is 2.34. The van der Waals surface area contributed by atoms with Crippen molar-refractivity contribution in [3.05, 3.63) is 0 Å². The minimum atomic E-state index is -0.815. The summed E-state index contributed by atoms with van der Waals surface area (Å²) >= 11 is 0. The number of rotatable bonds is 3. The van der Waals surface area contributed by atoms with Crippen LogP contribution < -0.4 is 5.73 Å². The molecule has 0 aliphatic heterocycles. The standard InChI is InChI=1S/C7H15NO2/c1-5(2)7(3,4-8)6(9)10/h5H,4,8H2,1-3H3,(H,9,10). The molecule has 0 heterocycles. The van der Waals surface area contributed by atoms with Gasteiger partial charge in [-0.1, -0.05) is 13.8 Å². The van der Waals surface area contributed by atoms with Gasteiger partial charge in [0.15, 0.2) is 0 Å². The molecule has 3 N–H and O–H groups in total. The zero-order chi connectivity index (χ0) is 8.36. The molecule has 0 spiro atoms. The first-order valence-electron chi connectivity index (χ1n) is 3.38. The summed E-state index contributed by atoms with van der Waals surface area (Å²) in [4.78, 5) is 10.6. The monoisotopic (exact) mass is 145 g/mol. The molecule has 3 nitrogen and oxygen atoms in total. The maximum atomic E-state index is 10.6. The molecular formula is C7H15NO2. The number of aliphatic carboxylic acids is 1. The fourth-order valence-electron chi connectivity index (χ4n) is 0.570. The molecule has 60 valence electrons. The van der Waals surface area contributed by atoms with E-state index in [-0.39, 0.29) is 12.5 Å². The third-order valence-corrected chi connectivity index (χ3v) is 2.19. The molecule has 0 rings (SSSR count). The second-order valence-corrected chi connectivity index (χ2v) is 3.08. The molecule has 0 radical (unpaired) electrons. The second-order valence-electron chi connectivity index (χ2n) is 3.08. The molecule has 0 aromatic carbocycles. The smallest absolute Gasteiger partial charge is 0.310 e. The lowest BCUT2D eigenvalue weighted by atomic mass is 9.79. The molecule has 0 amide bonds. The van der Waals surface area contributed by atoms with Crippen molar-refractivity contribution in [3.8, 4) is 0 Å². The van der Waals surface area contributed by atoms with E-state index in [0.717, 1.165) is 0 Å². The predicted molar refractivity (Wildman–Crippen MR) is 39.6 cm³/mol. The maximum absolute atomic E-state index is 10.6. The van der Waals surface area contributed by atoms with Crippen molar-refractivity contribution < 1.29 is 9.90 Å². The van der Waals surface area contributed by atoms with Gasteiger partial charge in [0.05, 0.1) is 5.41 Å². The van der Waals surface area contributed by atoms with Gasteiger partial charge in [0.25, 0.3) is 0 Å². The Balaban J connectivity index is 4.38. The molecule has 3 heteroatoms. The minimum Gasteiger partial charge on any atom is -0.481 e. The number of nitrogens with two attached hydrogens (primary N) is 1. The van der Waals surface area contributed by atoms with Crippen molar-refractivity contribution in [1.29, 1.82) is 0 Å². The van der Waals surface area contributed by atoms with Gasteiger partial charge in [-0.3, -0.25) is 4.79 Å². The highest BCUT2D eigenvalue weighted by molar-refractivity contribution is 5.74. The molecule has 10 heavy (non-hydrogen) atoms. The first-order chi connectivity index (χ1) is 4.45. The van der Waals surface area contributed by atoms with Crippen LogP contribution in [0.2, 0.25) is 0 Å². The molecule has 0 aliphatic carbocycles. The first kappa shape index (κ1) is 9.43. The van der Waals surface area contributed by atoms with Crippen LogP contribution in [0.3, 0.4) is 0 Å². The lowest BCUT2D eigenvalue weighted by Gasteiger charge is -2.26. The van der Waals surface area contributed by atoms with Gasteiger partial charge in [-0.25, -0.2) is 0 Å². The summed E-state index contributed by atoms with van der Waals surface area (Å²) in [6.45, 7) is 5.59. The largest absolute Gasteiger partial charge is 0.481 e. The summed E-state index contributed by atoms with van der Waals surface area (Å²) in [5, 5.41) is 8.72. The van der Waals surface area contributed by atoms with Crippen molar-refractivity contribution in [2.24, 2.45) is 17.1 Å². The lowest BCUT2D eigenvalue weighted by molar-refractivity contribution is -0.149. The van der Waals surface area contributed by atoms with E-state index in [0.29, 0.717) is 0 Å². The summed E-state index contributed by atoms with van der Waals surface area (Å²) in [5.41, 5.74) is 4.56. The van der Waals surface area contributed by atoms with Crippen LogP contribution in [0.25, 0.3) is 0 Å². The van der Waals surface area contributed by atoms with Gasteiger partial charge in [-0.2, -0.15) is 0 Å². The number of carboxylic acids is 1. The fraction of sp³-hybridized carbons (Fsp3) is 0.857. The topological polar surface area (TPSA) is 63.3 Å². The van der Waals surface area contributed by atoms with E-state index in [9.17, 15) is 4.79 Å². The Morgan fingerprint density at radius 2 is 2.10 bits per heavy atom. The molecule has 0 saturated carbocycles. The van der Waals surface area contributed by atoms with E-state index < -0.39 is 11.4 Å². The number of carbonyl (C=O) groups is 1. The molecule has 0 saturated heterocycles. The Morgan fingerprint density at radius 3 is 2.10 bits per heavy atom. The van der Waals surface area contributed by atoms with Crippen LogP contribution in [-0.4, -0.2) is 17.6 Å². The quantitative estimate of drug-likeness (QED) is 0.614. The Hall–Kier alpha value is -0.570. The Kier molecular flexibility index (Phi) is 2.84. The summed E-state index contributed by atoms with van der Waals surface area (Å²) in [6, 6.07) is 0. The van der Waals surface area contributed by atoms with Crippen LogP contribution in [0, 0.1) is 11.3 Å². The summed E-state index contributed by atoms with van der Waals surface area (Å²) in [6.07, 6.45) is 0. The third-order valence-electron chi connectivity index (χ3n) is 2.19. The van der Waals surface area contributed by atoms with Crippen molar-refractivity contribution in [3.63, 3.8) is 0 Å². The van der Waals surface area contributed by atoms with Gasteiger partial charge in [-0.15, -0.1) is 0 Å². The number of carboxylic acid groups (broad SMARTS) is 1. The van der Waals surface area contributed by atoms with E-state index in [2.05, 4.69) is 0 Å². The number of hydrogen-bond donors (Lipinski definition) is 2. The van der Waals surface area contributed by atoms with E-state index >= 15 is 0 Å². The van der Waals surface area contributed by atoms with E-state index in [1.807, 2.05) is 13.8 Å². The van der Waals surface area contributed by atoms with Crippen LogP contribution in [0.15, 0.2) is 0 Å². The third kappa shape index (κ3) is 1.48. The van der Waals surface area contributed by atoms with Crippen LogP contribution >= 0.6 is 0 Å².